The molecular formula is C18H15BrN3O+. The third kappa shape index (κ3) is 2.07. The lowest BCUT2D eigenvalue weighted by Crippen LogP contribution is -2.51. The summed E-state index contributed by atoms with van der Waals surface area (Å²) >= 11 is 3.59. The van der Waals surface area contributed by atoms with Crippen LogP contribution in [0, 0.1) is 0 Å². The fraction of sp³-hybridized carbons (Fsp3) is 0.222. The predicted molar refractivity (Wildman–Crippen MR) is 88.3 cm³/mol. The van der Waals surface area contributed by atoms with Crippen molar-refractivity contribution in [3.63, 3.8) is 0 Å². The largest absolute Gasteiger partial charge is 0.363 e. The van der Waals surface area contributed by atoms with Crippen LogP contribution in [-0.4, -0.2) is 15.9 Å². The van der Waals surface area contributed by atoms with Crippen molar-refractivity contribution < 1.29 is 9.30 Å². The second kappa shape index (κ2) is 5.01. The second-order valence-corrected chi connectivity index (χ2v) is 6.98. The van der Waals surface area contributed by atoms with Gasteiger partial charge in [0.2, 0.25) is 6.33 Å². The van der Waals surface area contributed by atoms with Gasteiger partial charge in [-0.1, -0.05) is 44.9 Å². The maximum absolute atomic E-state index is 6.09. The van der Waals surface area contributed by atoms with E-state index in [-0.39, 0.29) is 12.1 Å². The van der Waals surface area contributed by atoms with Crippen LogP contribution < -0.4 is 4.57 Å². The highest BCUT2D eigenvalue weighted by Crippen LogP contribution is 2.37. The number of halogens is 1. The summed E-state index contributed by atoms with van der Waals surface area (Å²) in [6, 6.07) is 16.9. The van der Waals surface area contributed by atoms with Crippen molar-refractivity contribution in [3.8, 4) is 5.69 Å². The number of aromatic nitrogens is 3. The highest BCUT2D eigenvalue weighted by molar-refractivity contribution is 9.10. The lowest BCUT2D eigenvalue weighted by atomic mass is 10.1. The van der Waals surface area contributed by atoms with Gasteiger partial charge in [-0.15, -0.1) is 0 Å². The second-order valence-electron chi connectivity index (χ2n) is 6.06. The van der Waals surface area contributed by atoms with Crippen LogP contribution in [0.2, 0.25) is 0 Å². The molecule has 0 saturated heterocycles. The van der Waals surface area contributed by atoms with E-state index < -0.39 is 0 Å². The van der Waals surface area contributed by atoms with E-state index in [2.05, 4.69) is 57.2 Å². The minimum absolute atomic E-state index is 0.199. The average molecular weight is 369 g/mol. The Kier molecular flexibility index (Phi) is 2.93. The Morgan fingerprint density at radius 2 is 2.04 bits per heavy atom. The average Bonchev–Trinajstić information content (AvgIpc) is 3.16. The molecule has 5 heteroatoms. The van der Waals surface area contributed by atoms with E-state index in [4.69, 9.17) is 9.84 Å². The van der Waals surface area contributed by atoms with Crippen molar-refractivity contribution in [1.82, 2.24) is 9.78 Å². The van der Waals surface area contributed by atoms with Crippen LogP contribution in [0.3, 0.4) is 0 Å². The number of ether oxygens (including phenoxy) is 1. The van der Waals surface area contributed by atoms with Gasteiger partial charge in [-0.2, -0.15) is 0 Å². The topological polar surface area (TPSA) is 30.9 Å². The Morgan fingerprint density at radius 3 is 2.91 bits per heavy atom. The molecule has 5 rings (SSSR count). The van der Waals surface area contributed by atoms with Gasteiger partial charge in [0.15, 0.2) is 0 Å². The third-order valence-corrected chi connectivity index (χ3v) is 5.19. The predicted octanol–water partition coefficient (Wildman–Crippen LogP) is 2.97. The monoisotopic (exact) mass is 368 g/mol. The molecule has 3 aromatic rings. The van der Waals surface area contributed by atoms with E-state index in [1.54, 1.807) is 0 Å². The molecule has 2 aliphatic rings. The summed E-state index contributed by atoms with van der Waals surface area (Å²) in [6.07, 6.45) is 3.27. The molecule has 4 nitrogen and oxygen atoms in total. The first-order valence-corrected chi connectivity index (χ1v) is 8.54. The molecule has 0 spiro atoms. The van der Waals surface area contributed by atoms with Gasteiger partial charge >= 0.3 is 5.82 Å². The molecule has 1 aromatic heterocycles. The van der Waals surface area contributed by atoms with Crippen LogP contribution in [-0.2, 0) is 17.8 Å². The molecule has 1 aliphatic heterocycles. The SMILES string of the molecule is Brc1ccc2c(c1)[C@@H]1[C@H](C2)OCc2nn(-c3ccccc3)c[n+]21. The molecule has 2 heterocycles. The third-order valence-electron chi connectivity index (χ3n) is 4.70. The zero-order chi connectivity index (χ0) is 15.4. The smallest absolute Gasteiger partial charge is 0.304 e. The van der Waals surface area contributed by atoms with Crippen LogP contribution >= 0.6 is 15.9 Å². The zero-order valence-corrected chi connectivity index (χ0v) is 14.0. The van der Waals surface area contributed by atoms with E-state index in [9.17, 15) is 0 Å². The summed E-state index contributed by atoms with van der Waals surface area (Å²) in [4.78, 5) is 0. The number of nitrogens with zero attached hydrogens (tertiary/aromatic N) is 3. The Labute approximate surface area is 142 Å². The van der Waals surface area contributed by atoms with Gasteiger partial charge in [0.1, 0.15) is 24.4 Å². The van der Waals surface area contributed by atoms with E-state index in [0.29, 0.717) is 6.61 Å². The van der Waals surface area contributed by atoms with E-state index in [0.717, 1.165) is 22.4 Å². The number of para-hydroxylation sites is 1. The molecule has 0 saturated carbocycles. The number of rotatable bonds is 1. The van der Waals surface area contributed by atoms with Gasteiger partial charge in [-0.25, -0.2) is 4.57 Å². The van der Waals surface area contributed by atoms with Crippen LogP contribution in [0.4, 0.5) is 0 Å². The number of fused-ring (bicyclic) bond motifs is 5. The normalized spacial score (nSPS) is 21.6. The van der Waals surface area contributed by atoms with Gasteiger partial charge in [-0.3, -0.25) is 0 Å². The lowest BCUT2D eigenvalue weighted by Gasteiger charge is -2.23. The summed E-state index contributed by atoms with van der Waals surface area (Å²) in [6.45, 7) is 0.566. The maximum Gasteiger partial charge on any atom is 0.304 e. The summed E-state index contributed by atoms with van der Waals surface area (Å²) < 4.78 is 11.4. The lowest BCUT2D eigenvalue weighted by molar-refractivity contribution is -0.739. The van der Waals surface area contributed by atoms with E-state index >= 15 is 0 Å². The van der Waals surface area contributed by atoms with Crippen molar-refractivity contribution in [1.29, 1.82) is 0 Å². The van der Waals surface area contributed by atoms with Crippen molar-refractivity contribution in [2.75, 3.05) is 0 Å². The fourth-order valence-electron chi connectivity index (χ4n) is 3.64. The minimum Gasteiger partial charge on any atom is -0.363 e. The van der Waals surface area contributed by atoms with Crippen molar-refractivity contribution >= 4 is 15.9 Å². The molecule has 0 unspecified atom stereocenters. The number of hydrogen-bond acceptors (Lipinski definition) is 2. The van der Waals surface area contributed by atoms with Crippen LogP contribution in [0.25, 0.3) is 5.69 Å². The van der Waals surface area contributed by atoms with Gasteiger partial charge in [-0.05, 0) is 35.4 Å². The maximum atomic E-state index is 6.09. The first-order chi connectivity index (χ1) is 11.3. The molecule has 2 atom stereocenters. The van der Waals surface area contributed by atoms with Crippen LogP contribution in [0.15, 0.2) is 59.3 Å². The van der Waals surface area contributed by atoms with Crippen molar-refractivity contribution in [2.24, 2.45) is 0 Å². The zero-order valence-electron chi connectivity index (χ0n) is 12.4. The molecule has 0 fully saturated rings. The van der Waals surface area contributed by atoms with Gasteiger partial charge < -0.3 is 4.74 Å². The molecule has 0 radical (unpaired) electrons. The molecule has 0 bridgehead atoms. The van der Waals surface area contributed by atoms with E-state index in [1.165, 1.54) is 11.1 Å². The quantitative estimate of drug-likeness (QED) is 0.618. The van der Waals surface area contributed by atoms with Gasteiger partial charge in [0.05, 0.1) is 0 Å². The van der Waals surface area contributed by atoms with Crippen molar-refractivity contribution in [3.05, 3.63) is 76.3 Å². The molecule has 0 N–H and O–H groups in total. The highest BCUT2D eigenvalue weighted by Gasteiger charge is 2.43. The minimum atomic E-state index is 0.199. The molecule has 114 valence electrons. The highest BCUT2D eigenvalue weighted by atomic mass is 79.9. The summed E-state index contributed by atoms with van der Waals surface area (Å²) in [5.74, 6) is 0.975. The first kappa shape index (κ1) is 13.5. The molecule has 1 aliphatic carbocycles. The molecule has 23 heavy (non-hydrogen) atoms. The Morgan fingerprint density at radius 1 is 1.17 bits per heavy atom. The molecule has 2 aromatic carbocycles. The Hall–Kier alpha value is -1.98. The number of benzene rings is 2. The van der Waals surface area contributed by atoms with Gasteiger partial charge in [0, 0.05) is 16.0 Å². The molecular weight excluding hydrogens is 354 g/mol. The first-order valence-electron chi connectivity index (χ1n) is 7.74. The van der Waals surface area contributed by atoms with Crippen molar-refractivity contribution in [2.45, 2.75) is 25.2 Å². The Balaban J connectivity index is 1.64. The van der Waals surface area contributed by atoms with Gasteiger partial charge in [0.25, 0.3) is 0 Å². The van der Waals surface area contributed by atoms with Crippen LogP contribution in [0.5, 0.6) is 0 Å². The molecule has 0 amide bonds. The fourth-order valence-corrected chi connectivity index (χ4v) is 4.02. The summed E-state index contributed by atoms with van der Waals surface area (Å²) in [7, 11) is 0. The van der Waals surface area contributed by atoms with Crippen LogP contribution in [0.1, 0.15) is 23.0 Å². The number of hydrogen-bond donors (Lipinski definition) is 0. The Bertz CT molecular complexity index is 891. The van der Waals surface area contributed by atoms with E-state index in [1.807, 2.05) is 22.9 Å². The standard InChI is InChI=1S/C18H15BrN3O/c19-13-7-6-12-8-16-18(15(12)9-13)21-11-22(20-17(21)10-23-16)14-4-2-1-3-5-14/h1-7,9,11,16,18H,8,10H2/q+1/t16-,18+/m0/s1. The summed E-state index contributed by atoms with van der Waals surface area (Å²) in [5, 5.41) is 4.72. The summed E-state index contributed by atoms with van der Waals surface area (Å²) in [5.41, 5.74) is 3.78.